The Hall–Kier alpha value is -2.15. The van der Waals surface area contributed by atoms with Gasteiger partial charge in [0.2, 0.25) is 0 Å². The third kappa shape index (κ3) is 4.02. The second-order valence-electron chi connectivity index (χ2n) is 4.07. The molecule has 0 aromatic carbocycles. The maximum atomic E-state index is 11.4. The summed E-state index contributed by atoms with van der Waals surface area (Å²) in [6.07, 6.45) is 1.48. The Bertz CT molecular complexity index is 442. The van der Waals surface area contributed by atoms with E-state index in [9.17, 15) is 14.7 Å². The monoisotopic (exact) mass is 253 g/mol. The van der Waals surface area contributed by atoms with Crippen LogP contribution in [0.4, 0.5) is 10.5 Å². The third-order valence-corrected chi connectivity index (χ3v) is 2.22. The van der Waals surface area contributed by atoms with Crippen molar-refractivity contribution in [1.29, 1.82) is 0 Å². The first kappa shape index (κ1) is 13.9. The van der Waals surface area contributed by atoms with Crippen molar-refractivity contribution in [3.63, 3.8) is 0 Å². The minimum Gasteiger partial charge on any atom is -0.479 e. The lowest BCUT2D eigenvalue weighted by Crippen LogP contribution is -2.47. The Morgan fingerprint density at radius 2 is 2.11 bits per heavy atom. The molecule has 0 aliphatic carbocycles. The fraction of sp³-hybridized carbons (Fsp3) is 0.364. The molecule has 0 radical (unpaired) electrons. The molecule has 1 rings (SSSR count). The summed E-state index contributed by atoms with van der Waals surface area (Å²) in [5.74, 6) is -1.40. The van der Waals surface area contributed by atoms with Crippen molar-refractivity contribution in [2.45, 2.75) is 19.4 Å². The van der Waals surface area contributed by atoms with E-state index in [0.29, 0.717) is 5.69 Å². The van der Waals surface area contributed by atoms with Crippen molar-refractivity contribution < 1.29 is 19.8 Å². The predicted octanol–water partition coefficient (Wildman–Crippen LogP) is 0.347. The lowest BCUT2D eigenvalue weighted by Gasteiger charge is -2.18. The van der Waals surface area contributed by atoms with Crippen molar-refractivity contribution >= 4 is 17.7 Å². The lowest BCUT2D eigenvalue weighted by molar-refractivity contribution is -0.155. The number of carbonyl (C=O) groups excluding carboxylic acids is 1. The first-order valence-corrected chi connectivity index (χ1v) is 5.24. The quantitative estimate of drug-likeness (QED) is 0.618. The minimum absolute atomic E-state index is 0.395. The van der Waals surface area contributed by atoms with Crippen LogP contribution in [0.2, 0.25) is 0 Å². The van der Waals surface area contributed by atoms with Crippen LogP contribution < -0.4 is 10.6 Å². The summed E-state index contributed by atoms with van der Waals surface area (Å²) in [4.78, 5) is 26.0. The summed E-state index contributed by atoms with van der Waals surface area (Å²) in [7, 11) is 0. The standard InChI is InChI=1S/C11H15N3O4/c1-7-3-4-8(5-12-7)14-10(17)13-6-11(2,18)9(15)16/h3-5,18H,6H2,1-2H3,(H,15,16)(H2,13,14,17). The van der Waals surface area contributed by atoms with Gasteiger partial charge in [-0.25, -0.2) is 9.59 Å². The molecule has 0 spiro atoms. The fourth-order valence-corrected chi connectivity index (χ4v) is 1.05. The van der Waals surface area contributed by atoms with Crippen LogP contribution in [0.1, 0.15) is 12.6 Å². The van der Waals surface area contributed by atoms with Gasteiger partial charge in [-0.1, -0.05) is 0 Å². The van der Waals surface area contributed by atoms with Gasteiger partial charge < -0.3 is 20.8 Å². The number of aromatic nitrogens is 1. The largest absolute Gasteiger partial charge is 0.479 e. The van der Waals surface area contributed by atoms with Gasteiger partial charge in [-0.15, -0.1) is 0 Å². The molecule has 0 aliphatic heterocycles. The predicted molar refractivity (Wildman–Crippen MR) is 64.3 cm³/mol. The van der Waals surface area contributed by atoms with E-state index in [2.05, 4.69) is 15.6 Å². The molecule has 18 heavy (non-hydrogen) atoms. The van der Waals surface area contributed by atoms with Gasteiger partial charge in [-0.2, -0.15) is 0 Å². The number of anilines is 1. The average molecular weight is 253 g/mol. The third-order valence-electron chi connectivity index (χ3n) is 2.22. The van der Waals surface area contributed by atoms with Crippen molar-refractivity contribution in [3.8, 4) is 0 Å². The zero-order valence-corrected chi connectivity index (χ0v) is 10.1. The number of rotatable bonds is 4. The van der Waals surface area contributed by atoms with Gasteiger partial charge in [0, 0.05) is 5.69 Å². The van der Waals surface area contributed by atoms with Gasteiger partial charge in [0.05, 0.1) is 18.4 Å². The minimum atomic E-state index is -2.00. The Labute approximate surface area is 104 Å². The molecule has 0 fully saturated rings. The zero-order chi connectivity index (χ0) is 13.8. The zero-order valence-electron chi connectivity index (χ0n) is 10.1. The number of amides is 2. The van der Waals surface area contributed by atoms with Crippen molar-refractivity contribution in [3.05, 3.63) is 24.0 Å². The molecule has 7 heteroatoms. The van der Waals surface area contributed by atoms with Crippen LogP contribution in [0.15, 0.2) is 18.3 Å². The summed E-state index contributed by atoms with van der Waals surface area (Å²) in [5, 5.41) is 22.8. The average Bonchev–Trinajstić information content (AvgIpc) is 2.29. The number of aliphatic hydroxyl groups is 1. The first-order valence-electron chi connectivity index (χ1n) is 5.24. The topological polar surface area (TPSA) is 112 Å². The molecule has 1 aromatic heterocycles. The first-order chi connectivity index (χ1) is 8.31. The summed E-state index contributed by atoms with van der Waals surface area (Å²) in [6.45, 7) is 2.52. The van der Waals surface area contributed by atoms with Crippen molar-refractivity contribution in [2.75, 3.05) is 11.9 Å². The number of carboxylic acids is 1. The number of carboxylic acid groups (broad SMARTS) is 1. The molecule has 0 aliphatic rings. The van der Waals surface area contributed by atoms with Crippen LogP contribution in [0.3, 0.4) is 0 Å². The molecule has 98 valence electrons. The van der Waals surface area contributed by atoms with Crippen LogP contribution in [-0.2, 0) is 4.79 Å². The Kier molecular flexibility index (Phi) is 4.22. The van der Waals surface area contributed by atoms with E-state index < -0.39 is 24.1 Å². The maximum absolute atomic E-state index is 11.4. The number of aryl methyl sites for hydroxylation is 1. The van der Waals surface area contributed by atoms with Crippen LogP contribution >= 0.6 is 0 Å². The van der Waals surface area contributed by atoms with E-state index in [1.807, 2.05) is 6.92 Å². The molecule has 1 unspecified atom stereocenters. The number of nitrogens with zero attached hydrogens (tertiary/aromatic N) is 1. The van der Waals surface area contributed by atoms with Crippen molar-refractivity contribution in [2.24, 2.45) is 0 Å². The number of nitrogens with one attached hydrogen (secondary N) is 2. The van der Waals surface area contributed by atoms with Gasteiger partial charge in [0.1, 0.15) is 0 Å². The molecule has 0 saturated heterocycles. The second kappa shape index (κ2) is 5.46. The molecular weight excluding hydrogens is 238 g/mol. The molecule has 0 bridgehead atoms. The highest BCUT2D eigenvalue weighted by Crippen LogP contribution is 2.05. The van der Waals surface area contributed by atoms with Crippen LogP contribution in [-0.4, -0.2) is 39.3 Å². The Balaban J connectivity index is 2.48. The SMILES string of the molecule is Cc1ccc(NC(=O)NCC(C)(O)C(=O)O)cn1. The van der Waals surface area contributed by atoms with E-state index in [1.54, 1.807) is 12.1 Å². The fourth-order valence-electron chi connectivity index (χ4n) is 1.05. The molecule has 4 N–H and O–H groups in total. The molecular formula is C11H15N3O4. The van der Waals surface area contributed by atoms with Crippen molar-refractivity contribution in [1.82, 2.24) is 10.3 Å². The molecule has 1 heterocycles. The summed E-state index contributed by atoms with van der Waals surface area (Å²) < 4.78 is 0. The van der Waals surface area contributed by atoms with E-state index in [1.165, 1.54) is 6.20 Å². The van der Waals surface area contributed by atoms with E-state index >= 15 is 0 Å². The maximum Gasteiger partial charge on any atom is 0.337 e. The normalized spacial score (nSPS) is 13.5. The number of pyridine rings is 1. The summed E-state index contributed by atoms with van der Waals surface area (Å²) >= 11 is 0. The Morgan fingerprint density at radius 3 is 2.61 bits per heavy atom. The van der Waals surface area contributed by atoms with E-state index in [-0.39, 0.29) is 0 Å². The molecule has 0 saturated carbocycles. The number of urea groups is 1. The number of carbonyl (C=O) groups is 2. The lowest BCUT2D eigenvalue weighted by atomic mass is 10.1. The Morgan fingerprint density at radius 1 is 1.44 bits per heavy atom. The van der Waals surface area contributed by atoms with Gasteiger partial charge in [0.25, 0.3) is 0 Å². The smallest absolute Gasteiger partial charge is 0.337 e. The van der Waals surface area contributed by atoms with Gasteiger partial charge in [0.15, 0.2) is 5.60 Å². The number of hydrogen-bond acceptors (Lipinski definition) is 4. The van der Waals surface area contributed by atoms with Gasteiger partial charge >= 0.3 is 12.0 Å². The molecule has 2 amide bonds. The second-order valence-corrected chi connectivity index (χ2v) is 4.07. The van der Waals surface area contributed by atoms with Crippen LogP contribution in [0.25, 0.3) is 0 Å². The summed E-state index contributed by atoms with van der Waals surface area (Å²) in [6, 6.07) is 2.78. The van der Waals surface area contributed by atoms with Crippen LogP contribution in [0, 0.1) is 6.92 Å². The van der Waals surface area contributed by atoms with Gasteiger partial charge in [-0.05, 0) is 26.0 Å². The van der Waals surface area contributed by atoms with Gasteiger partial charge in [-0.3, -0.25) is 4.98 Å². The summed E-state index contributed by atoms with van der Waals surface area (Å²) in [5.41, 5.74) is -0.703. The highest BCUT2D eigenvalue weighted by molar-refractivity contribution is 5.89. The number of aliphatic carboxylic acids is 1. The number of hydrogen-bond donors (Lipinski definition) is 4. The van der Waals surface area contributed by atoms with E-state index in [0.717, 1.165) is 12.6 Å². The van der Waals surface area contributed by atoms with E-state index in [4.69, 9.17) is 5.11 Å². The molecule has 1 atom stereocenters. The molecule has 1 aromatic rings. The highest BCUT2D eigenvalue weighted by Gasteiger charge is 2.30. The molecule has 7 nitrogen and oxygen atoms in total. The van der Waals surface area contributed by atoms with Crippen LogP contribution in [0.5, 0.6) is 0 Å². The highest BCUT2D eigenvalue weighted by atomic mass is 16.4.